The lowest BCUT2D eigenvalue weighted by Crippen LogP contribution is -2.46. The summed E-state index contributed by atoms with van der Waals surface area (Å²) in [5, 5.41) is 23.9. The fraction of sp³-hybridized carbons (Fsp3) is 0.750. The molecule has 0 fully saturated rings. The van der Waals surface area contributed by atoms with Crippen LogP contribution in [0.5, 0.6) is 0 Å². The molecule has 0 aliphatic rings. The highest BCUT2D eigenvalue weighted by molar-refractivity contribution is 5.77. The summed E-state index contributed by atoms with van der Waals surface area (Å²) in [7, 11) is 0. The van der Waals surface area contributed by atoms with Crippen molar-refractivity contribution < 1.29 is 24.5 Å². The van der Waals surface area contributed by atoms with E-state index in [2.05, 4.69) is 105 Å². The van der Waals surface area contributed by atoms with E-state index in [0.29, 0.717) is 19.3 Å². The highest BCUT2D eigenvalue weighted by Gasteiger charge is 2.24. The van der Waals surface area contributed by atoms with Crippen molar-refractivity contribution >= 4 is 11.9 Å². The Morgan fingerprint density at radius 2 is 0.771 bits per heavy atom. The lowest BCUT2D eigenvalue weighted by atomic mass is 10.0. The van der Waals surface area contributed by atoms with E-state index in [4.69, 9.17) is 4.74 Å². The predicted molar refractivity (Wildman–Crippen MR) is 305 cm³/mol. The van der Waals surface area contributed by atoms with Crippen molar-refractivity contribution in [1.29, 1.82) is 0 Å². The first-order valence-corrected chi connectivity index (χ1v) is 29.8. The topological polar surface area (TPSA) is 95.9 Å². The molecule has 0 aliphatic carbocycles. The van der Waals surface area contributed by atoms with Crippen LogP contribution in [0, 0.1) is 0 Å². The number of aliphatic hydroxyl groups excluding tert-OH is 2. The Labute approximate surface area is 433 Å². The van der Waals surface area contributed by atoms with Gasteiger partial charge in [0.05, 0.1) is 25.2 Å². The highest BCUT2D eigenvalue weighted by atomic mass is 16.5. The van der Waals surface area contributed by atoms with Gasteiger partial charge in [0, 0.05) is 6.42 Å². The maximum Gasteiger partial charge on any atom is 0.306 e. The van der Waals surface area contributed by atoms with E-state index in [-0.39, 0.29) is 31.3 Å². The largest absolute Gasteiger partial charge is 0.462 e. The van der Waals surface area contributed by atoms with Crippen LogP contribution in [0.1, 0.15) is 284 Å². The number of amides is 1. The molecule has 6 heteroatoms. The second kappa shape index (κ2) is 56.9. The van der Waals surface area contributed by atoms with Crippen LogP contribution in [0.3, 0.4) is 0 Å². The van der Waals surface area contributed by atoms with Gasteiger partial charge in [-0.15, -0.1) is 0 Å². The number of aliphatic hydroxyl groups is 2. The zero-order valence-electron chi connectivity index (χ0n) is 46.1. The highest BCUT2D eigenvalue weighted by Crippen LogP contribution is 2.18. The number of ether oxygens (including phenoxy) is 1. The maximum absolute atomic E-state index is 13.3. The minimum atomic E-state index is -0.807. The molecule has 0 saturated carbocycles. The zero-order chi connectivity index (χ0) is 50.9. The molecule has 0 saturated heterocycles. The maximum atomic E-state index is 13.3. The molecule has 70 heavy (non-hydrogen) atoms. The quantitative estimate of drug-likeness (QED) is 0.0321. The third kappa shape index (κ3) is 51.4. The summed E-state index contributed by atoms with van der Waals surface area (Å²) in [6.45, 7) is 6.37. The van der Waals surface area contributed by atoms with Crippen LogP contribution in [0.4, 0.5) is 0 Å². The van der Waals surface area contributed by atoms with Gasteiger partial charge in [0.25, 0.3) is 0 Å². The third-order valence-corrected chi connectivity index (χ3v) is 13.2. The van der Waals surface area contributed by atoms with Crippen LogP contribution >= 0.6 is 0 Å². The van der Waals surface area contributed by atoms with Gasteiger partial charge in [-0.1, -0.05) is 266 Å². The molecule has 1 amide bonds. The van der Waals surface area contributed by atoms with E-state index < -0.39 is 18.2 Å². The Morgan fingerprint density at radius 3 is 1.17 bits per heavy atom. The summed E-state index contributed by atoms with van der Waals surface area (Å²) >= 11 is 0. The standard InChI is InChI=1S/C64H113NO5/c1-4-7-10-13-16-19-22-25-28-30-31-33-36-39-42-45-48-51-54-57-64(69)70-60(55-52-49-46-43-40-37-34-27-24-21-18-15-12-9-6-3)58-63(68)65-61(59-66)62(67)56-53-50-47-44-41-38-35-32-29-26-23-20-17-14-11-8-5-2/h7,10,16,19,25,27-28,31,33-34,39,42,48,51,60-62,66-67H,4-6,8-9,11-15,17-18,20-24,26,29-30,32,35-38,40-41,43-47,49-50,52-59H2,1-3H3,(H,65,68)/b10-7-,19-16-,28-25-,33-31-,34-27+,42-39-,51-48-. The van der Waals surface area contributed by atoms with E-state index >= 15 is 0 Å². The number of hydrogen-bond acceptors (Lipinski definition) is 5. The van der Waals surface area contributed by atoms with E-state index in [0.717, 1.165) is 83.5 Å². The molecule has 6 nitrogen and oxygen atoms in total. The Balaban J connectivity index is 4.66. The SMILES string of the molecule is CC/C=C\C/C=C\C/C=C\C/C=C\C/C=C\C/C=C\CCC(=O)OC(CCCCCCC/C=C/CCCCCCCC)CC(=O)NC(CO)C(O)CCCCCCCCCCCCCCCCCCC. The van der Waals surface area contributed by atoms with E-state index in [1.807, 2.05) is 6.08 Å². The molecule has 3 N–H and O–H groups in total. The van der Waals surface area contributed by atoms with Crippen molar-refractivity contribution in [3.8, 4) is 0 Å². The van der Waals surface area contributed by atoms with Gasteiger partial charge in [0.2, 0.25) is 5.91 Å². The van der Waals surface area contributed by atoms with E-state index in [1.54, 1.807) is 0 Å². The van der Waals surface area contributed by atoms with Gasteiger partial charge in [-0.05, 0) is 89.9 Å². The van der Waals surface area contributed by atoms with Gasteiger partial charge in [-0.25, -0.2) is 0 Å². The molecule has 0 aliphatic heterocycles. The van der Waals surface area contributed by atoms with Crippen LogP contribution < -0.4 is 5.32 Å². The molecular formula is C64H113NO5. The number of allylic oxidation sites excluding steroid dienone is 14. The number of esters is 1. The van der Waals surface area contributed by atoms with Gasteiger partial charge in [-0.2, -0.15) is 0 Å². The van der Waals surface area contributed by atoms with Gasteiger partial charge in [0.1, 0.15) is 6.10 Å². The fourth-order valence-corrected chi connectivity index (χ4v) is 8.75. The average molecular weight is 977 g/mol. The number of carbonyl (C=O) groups excluding carboxylic acids is 2. The van der Waals surface area contributed by atoms with Crippen LogP contribution in [-0.2, 0) is 14.3 Å². The first-order chi connectivity index (χ1) is 34.5. The third-order valence-electron chi connectivity index (χ3n) is 13.2. The minimum Gasteiger partial charge on any atom is -0.462 e. The molecule has 404 valence electrons. The summed E-state index contributed by atoms with van der Waals surface area (Å²) in [4.78, 5) is 26.3. The van der Waals surface area contributed by atoms with Crippen molar-refractivity contribution in [1.82, 2.24) is 5.32 Å². The summed E-state index contributed by atoms with van der Waals surface area (Å²) < 4.78 is 5.92. The normalized spacial score (nSPS) is 13.7. The van der Waals surface area contributed by atoms with Crippen molar-refractivity contribution in [2.45, 2.75) is 302 Å². The second-order valence-corrected chi connectivity index (χ2v) is 20.0. The Kier molecular flexibility index (Phi) is 54.5. The molecule has 0 bridgehead atoms. The van der Waals surface area contributed by atoms with Crippen molar-refractivity contribution in [2.24, 2.45) is 0 Å². The van der Waals surface area contributed by atoms with Crippen molar-refractivity contribution in [3.05, 3.63) is 85.1 Å². The first-order valence-electron chi connectivity index (χ1n) is 29.8. The Morgan fingerprint density at radius 1 is 0.429 bits per heavy atom. The lowest BCUT2D eigenvalue weighted by molar-refractivity contribution is -0.150. The Bertz CT molecular complexity index is 1330. The number of carbonyl (C=O) groups is 2. The van der Waals surface area contributed by atoms with Gasteiger partial charge in [0.15, 0.2) is 0 Å². The lowest BCUT2D eigenvalue weighted by Gasteiger charge is -2.24. The number of unbranched alkanes of at least 4 members (excludes halogenated alkanes) is 27. The van der Waals surface area contributed by atoms with Crippen molar-refractivity contribution in [2.75, 3.05) is 6.61 Å². The van der Waals surface area contributed by atoms with E-state index in [1.165, 1.54) is 148 Å². The molecule has 0 aromatic rings. The molecule has 0 aromatic carbocycles. The Hall–Kier alpha value is -2.96. The molecule has 0 radical (unpaired) electrons. The van der Waals surface area contributed by atoms with E-state index in [9.17, 15) is 19.8 Å². The zero-order valence-corrected chi connectivity index (χ0v) is 46.1. The van der Waals surface area contributed by atoms with Gasteiger partial charge < -0.3 is 20.3 Å². The van der Waals surface area contributed by atoms with Gasteiger partial charge >= 0.3 is 5.97 Å². The van der Waals surface area contributed by atoms with Gasteiger partial charge in [-0.3, -0.25) is 9.59 Å². The number of nitrogens with one attached hydrogen (secondary N) is 1. The van der Waals surface area contributed by atoms with Crippen molar-refractivity contribution in [3.63, 3.8) is 0 Å². The summed E-state index contributed by atoms with van der Waals surface area (Å²) in [6, 6.07) is -0.724. The van der Waals surface area contributed by atoms with Crippen LogP contribution in [-0.4, -0.2) is 46.9 Å². The first kappa shape index (κ1) is 67.0. The molecule has 3 unspecified atom stereocenters. The molecule has 0 rings (SSSR count). The van der Waals surface area contributed by atoms with Crippen LogP contribution in [0.25, 0.3) is 0 Å². The van der Waals surface area contributed by atoms with Crippen LogP contribution in [0.15, 0.2) is 85.1 Å². The smallest absolute Gasteiger partial charge is 0.306 e. The van der Waals surface area contributed by atoms with Crippen LogP contribution in [0.2, 0.25) is 0 Å². The molecule has 0 heterocycles. The second-order valence-electron chi connectivity index (χ2n) is 20.0. The molecule has 0 spiro atoms. The summed E-state index contributed by atoms with van der Waals surface area (Å²) in [6.07, 6.45) is 75.2. The fourth-order valence-electron chi connectivity index (χ4n) is 8.75. The molecule has 3 atom stereocenters. The predicted octanol–water partition coefficient (Wildman–Crippen LogP) is 18.7. The molecular weight excluding hydrogens is 863 g/mol. The average Bonchev–Trinajstić information content (AvgIpc) is 3.35. The number of rotatable bonds is 53. The minimum absolute atomic E-state index is 0.0391. The molecule has 0 aromatic heterocycles. The summed E-state index contributed by atoms with van der Waals surface area (Å²) in [5.74, 6) is -0.578. The monoisotopic (exact) mass is 976 g/mol. The number of hydrogen-bond donors (Lipinski definition) is 3. The summed E-state index contributed by atoms with van der Waals surface area (Å²) in [5.41, 5.74) is 0.